The summed E-state index contributed by atoms with van der Waals surface area (Å²) >= 11 is 1.60. The van der Waals surface area contributed by atoms with Gasteiger partial charge in [-0.2, -0.15) is 9.97 Å². The van der Waals surface area contributed by atoms with E-state index in [2.05, 4.69) is 61.7 Å². The number of nitrogens with two attached hydrogens (primary N) is 1. The number of hydrogen-bond donors (Lipinski definition) is 1. The van der Waals surface area contributed by atoms with Gasteiger partial charge in [0.2, 0.25) is 5.95 Å². The van der Waals surface area contributed by atoms with Crippen LogP contribution in [0.4, 0.5) is 5.95 Å². The molecule has 1 unspecified atom stereocenters. The molecule has 5 nitrogen and oxygen atoms in total. The van der Waals surface area contributed by atoms with Gasteiger partial charge in [0, 0.05) is 5.25 Å². The molecule has 0 fully saturated rings. The first kappa shape index (κ1) is 18.5. The number of aromatic nitrogens is 3. The van der Waals surface area contributed by atoms with Crippen molar-refractivity contribution in [3.8, 4) is 5.75 Å². The summed E-state index contributed by atoms with van der Waals surface area (Å²) in [6.07, 6.45) is 1.04. The molecular formula is C18H26N4OS. The summed E-state index contributed by atoms with van der Waals surface area (Å²) in [4.78, 5) is 12.8. The van der Waals surface area contributed by atoms with Gasteiger partial charge in [0.25, 0.3) is 0 Å². The Balaban J connectivity index is 2.03. The topological polar surface area (TPSA) is 73.9 Å². The number of rotatable bonds is 6. The Morgan fingerprint density at radius 3 is 2.38 bits per heavy atom. The second-order valence-electron chi connectivity index (χ2n) is 6.79. The number of benzene rings is 1. The zero-order valence-corrected chi connectivity index (χ0v) is 15.9. The standard InChI is InChI=1S/C18H26N4OS/c1-6-12(2)24-17-21-15(20-16(19)22-17)11-23-14-9-7-13(8-10-14)18(3,4)5/h7-10,12H,6,11H2,1-5H3,(H2,19,20,21,22). The Hall–Kier alpha value is -1.82. The van der Waals surface area contributed by atoms with Crippen LogP contribution < -0.4 is 10.5 Å². The SMILES string of the molecule is CCC(C)Sc1nc(N)nc(COc2ccc(C(C)(C)C)cc2)n1. The van der Waals surface area contributed by atoms with E-state index < -0.39 is 0 Å². The molecule has 1 heterocycles. The van der Waals surface area contributed by atoms with E-state index >= 15 is 0 Å². The summed E-state index contributed by atoms with van der Waals surface area (Å²) < 4.78 is 5.78. The average Bonchev–Trinajstić information content (AvgIpc) is 2.52. The second kappa shape index (κ2) is 7.83. The fourth-order valence-electron chi connectivity index (χ4n) is 2.00. The third-order valence-electron chi connectivity index (χ3n) is 3.65. The van der Waals surface area contributed by atoms with E-state index in [0.717, 1.165) is 12.2 Å². The molecule has 1 aromatic carbocycles. The lowest BCUT2D eigenvalue weighted by molar-refractivity contribution is 0.294. The maximum absolute atomic E-state index is 5.78. The van der Waals surface area contributed by atoms with Crippen molar-refractivity contribution in [1.82, 2.24) is 15.0 Å². The van der Waals surface area contributed by atoms with Crippen molar-refractivity contribution in [3.63, 3.8) is 0 Å². The van der Waals surface area contributed by atoms with E-state index in [1.165, 1.54) is 5.56 Å². The lowest BCUT2D eigenvalue weighted by Gasteiger charge is -2.19. The molecule has 0 aliphatic carbocycles. The fraction of sp³-hybridized carbons (Fsp3) is 0.500. The predicted molar refractivity (Wildman–Crippen MR) is 99.3 cm³/mol. The van der Waals surface area contributed by atoms with E-state index in [4.69, 9.17) is 10.5 Å². The van der Waals surface area contributed by atoms with Gasteiger partial charge >= 0.3 is 0 Å². The van der Waals surface area contributed by atoms with E-state index in [0.29, 0.717) is 16.2 Å². The molecule has 0 spiro atoms. The lowest BCUT2D eigenvalue weighted by Crippen LogP contribution is -2.11. The first-order chi connectivity index (χ1) is 11.3. The van der Waals surface area contributed by atoms with Gasteiger partial charge in [-0.1, -0.05) is 58.5 Å². The molecule has 2 aromatic rings. The van der Waals surface area contributed by atoms with Crippen LogP contribution in [0.25, 0.3) is 0 Å². The van der Waals surface area contributed by atoms with Crippen LogP contribution in [-0.2, 0) is 12.0 Å². The Labute approximate surface area is 148 Å². The van der Waals surface area contributed by atoms with Crippen LogP contribution in [0, 0.1) is 0 Å². The highest BCUT2D eigenvalue weighted by molar-refractivity contribution is 7.99. The molecule has 6 heteroatoms. The Kier molecular flexibility index (Phi) is 6.04. The van der Waals surface area contributed by atoms with Crippen LogP contribution in [0.1, 0.15) is 52.4 Å². The van der Waals surface area contributed by atoms with Crippen LogP contribution in [0.15, 0.2) is 29.4 Å². The molecule has 2 rings (SSSR count). The molecule has 1 aromatic heterocycles. The maximum Gasteiger partial charge on any atom is 0.224 e. The number of hydrogen-bond acceptors (Lipinski definition) is 6. The maximum atomic E-state index is 5.78. The number of thioether (sulfide) groups is 1. The molecule has 0 radical (unpaired) electrons. The third kappa shape index (κ3) is 5.37. The van der Waals surface area contributed by atoms with Crippen molar-refractivity contribution in [2.75, 3.05) is 5.73 Å². The lowest BCUT2D eigenvalue weighted by atomic mass is 9.87. The van der Waals surface area contributed by atoms with Crippen LogP contribution in [0.3, 0.4) is 0 Å². The van der Waals surface area contributed by atoms with Gasteiger partial charge in [-0.05, 0) is 29.5 Å². The number of anilines is 1. The van der Waals surface area contributed by atoms with Gasteiger partial charge in [-0.3, -0.25) is 0 Å². The van der Waals surface area contributed by atoms with E-state index in [-0.39, 0.29) is 18.0 Å². The first-order valence-electron chi connectivity index (χ1n) is 8.18. The molecule has 1 atom stereocenters. The van der Waals surface area contributed by atoms with Gasteiger partial charge in [-0.15, -0.1) is 0 Å². The number of ether oxygens (including phenoxy) is 1. The summed E-state index contributed by atoms with van der Waals surface area (Å²) in [6, 6.07) is 8.11. The van der Waals surface area contributed by atoms with Crippen molar-refractivity contribution in [1.29, 1.82) is 0 Å². The minimum absolute atomic E-state index is 0.128. The van der Waals surface area contributed by atoms with Crippen LogP contribution in [-0.4, -0.2) is 20.2 Å². The van der Waals surface area contributed by atoms with Crippen molar-refractivity contribution in [2.45, 2.75) is 63.5 Å². The van der Waals surface area contributed by atoms with Crippen LogP contribution >= 0.6 is 11.8 Å². The number of nitrogen functional groups attached to an aromatic ring is 1. The highest BCUT2D eigenvalue weighted by Gasteiger charge is 2.13. The summed E-state index contributed by atoms with van der Waals surface area (Å²) in [5.74, 6) is 1.57. The number of nitrogens with zero attached hydrogens (tertiary/aromatic N) is 3. The molecule has 24 heavy (non-hydrogen) atoms. The molecule has 0 bridgehead atoms. The molecule has 0 saturated heterocycles. The van der Waals surface area contributed by atoms with Crippen LogP contribution in [0.5, 0.6) is 5.75 Å². The van der Waals surface area contributed by atoms with Gasteiger partial charge in [0.05, 0.1) is 0 Å². The molecule has 0 saturated carbocycles. The summed E-state index contributed by atoms with van der Waals surface area (Å²) in [7, 11) is 0. The fourth-order valence-corrected chi connectivity index (χ4v) is 2.83. The molecule has 2 N–H and O–H groups in total. The van der Waals surface area contributed by atoms with Gasteiger partial charge in [0.1, 0.15) is 12.4 Å². The van der Waals surface area contributed by atoms with E-state index in [1.54, 1.807) is 11.8 Å². The second-order valence-corrected chi connectivity index (χ2v) is 8.20. The minimum Gasteiger partial charge on any atom is -0.486 e. The third-order valence-corrected chi connectivity index (χ3v) is 4.78. The van der Waals surface area contributed by atoms with Gasteiger partial charge in [-0.25, -0.2) is 4.98 Å². The van der Waals surface area contributed by atoms with Crippen molar-refractivity contribution < 1.29 is 4.74 Å². The van der Waals surface area contributed by atoms with Crippen molar-refractivity contribution in [3.05, 3.63) is 35.7 Å². The normalized spacial score (nSPS) is 12.9. The summed E-state index contributed by atoms with van der Waals surface area (Å²) in [5, 5.41) is 1.09. The largest absolute Gasteiger partial charge is 0.486 e. The van der Waals surface area contributed by atoms with Crippen molar-refractivity contribution in [2.24, 2.45) is 0 Å². The highest BCUT2D eigenvalue weighted by Crippen LogP contribution is 2.25. The molecule has 130 valence electrons. The quantitative estimate of drug-likeness (QED) is 0.789. The molecule has 0 aliphatic rings. The highest BCUT2D eigenvalue weighted by atomic mass is 32.2. The van der Waals surface area contributed by atoms with E-state index in [9.17, 15) is 0 Å². The zero-order valence-electron chi connectivity index (χ0n) is 15.0. The molecular weight excluding hydrogens is 320 g/mol. The van der Waals surface area contributed by atoms with Crippen LogP contribution in [0.2, 0.25) is 0 Å². The zero-order chi connectivity index (χ0) is 17.7. The predicted octanol–water partition coefficient (Wildman–Crippen LogP) is 4.22. The van der Waals surface area contributed by atoms with Gasteiger partial charge < -0.3 is 10.5 Å². The van der Waals surface area contributed by atoms with Gasteiger partial charge in [0.15, 0.2) is 11.0 Å². The molecule has 0 aliphatic heterocycles. The summed E-state index contributed by atoms with van der Waals surface area (Å²) in [6.45, 7) is 11.1. The Morgan fingerprint density at radius 1 is 1.12 bits per heavy atom. The smallest absolute Gasteiger partial charge is 0.224 e. The average molecular weight is 347 g/mol. The minimum atomic E-state index is 0.128. The van der Waals surface area contributed by atoms with E-state index in [1.807, 2.05) is 12.1 Å². The first-order valence-corrected chi connectivity index (χ1v) is 9.06. The molecule has 0 amide bonds. The monoisotopic (exact) mass is 346 g/mol. The Morgan fingerprint density at radius 2 is 1.79 bits per heavy atom. The summed E-state index contributed by atoms with van der Waals surface area (Å²) in [5.41, 5.74) is 7.18. The Bertz CT molecular complexity index is 668. The van der Waals surface area contributed by atoms with Crippen molar-refractivity contribution >= 4 is 17.7 Å².